The van der Waals surface area contributed by atoms with E-state index in [1.807, 2.05) is 30.9 Å². The zero-order valence-corrected chi connectivity index (χ0v) is 26.1. The van der Waals surface area contributed by atoms with E-state index in [2.05, 4.69) is 56.9 Å². The maximum absolute atomic E-state index is 13.6. The number of nitrogens with zero attached hydrogens (tertiary/aromatic N) is 4. The second kappa shape index (κ2) is 12.3. The third kappa shape index (κ3) is 5.92. The molecule has 230 valence electrons. The van der Waals surface area contributed by atoms with Gasteiger partial charge in [-0.05, 0) is 62.9 Å². The van der Waals surface area contributed by atoms with E-state index in [-0.39, 0.29) is 18.4 Å². The molecule has 2 amide bonds. The third-order valence-electron chi connectivity index (χ3n) is 9.82. The monoisotopic (exact) mass is 585 g/mol. The van der Waals surface area contributed by atoms with Gasteiger partial charge in [0.25, 0.3) is 5.91 Å². The molecule has 1 saturated heterocycles. The number of fused-ring (bicyclic) bond motifs is 5. The van der Waals surface area contributed by atoms with Crippen molar-refractivity contribution in [3.63, 3.8) is 0 Å². The van der Waals surface area contributed by atoms with Crippen LogP contribution in [0.3, 0.4) is 0 Å². The van der Waals surface area contributed by atoms with Crippen molar-refractivity contribution in [2.45, 2.75) is 70.9 Å². The number of rotatable bonds is 7. The number of amides is 2. The van der Waals surface area contributed by atoms with Gasteiger partial charge in [-0.15, -0.1) is 0 Å². The van der Waals surface area contributed by atoms with Gasteiger partial charge < -0.3 is 29.7 Å². The standard InChI is InChI=1S/C35H47N5O3/c1-4-37-16-18-38(19-17-37)31(42)23-39-20-21-40-30-22-26(34(43)36-35(2,3)24-41)14-15-27(30)32(25-10-6-5-7-11-25)33(40)28-12-8-9-13-29(28)39/h8-9,12-15,22,25,41H,4-7,10-11,16-21,23-24H2,1-3H3,(H,36,43). The first-order valence-electron chi connectivity index (χ1n) is 16.2. The Morgan fingerprint density at radius 1 is 0.953 bits per heavy atom. The van der Waals surface area contributed by atoms with Gasteiger partial charge in [0, 0.05) is 67.0 Å². The SMILES string of the molecule is CCN1CCN(C(=O)CN2CCn3c(c(C4CCCCC4)c4ccc(C(=O)NC(C)(C)CO)cc43)-c3ccccc32)CC1. The van der Waals surface area contributed by atoms with Gasteiger partial charge in [-0.3, -0.25) is 9.59 Å². The summed E-state index contributed by atoms with van der Waals surface area (Å²) in [6.07, 6.45) is 6.11. The minimum atomic E-state index is -0.704. The summed E-state index contributed by atoms with van der Waals surface area (Å²) in [5, 5.41) is 13.9. The molecule has 0 atom stereocenters. The molecule has 2 N–H and O–H groups in total. The van der Waals surface area contributed by atoms with Crippen LogP contribution in [0, 0.1) is 0 Å². The summed E-state index contributed by atoms with van der Waals surface area (Å²) in [6, 6.07) is 14.7. The summed E-state index contributed by atoms with van der Waals surface area (Å²) in [6.45, 7) is 12.0. The van der Waals surface area contributed by atoms with E-state index in [0.717, 1.165) is 50.5 Å². The Bertz CT molecular complexity index is 1480. The van der Waals surface area contributed by atoms with E-state index >= 15 is 0 Å². The zero-order chi connectivity index (χ0) is 30.1. The number of carbonyl (C=O) groups is 2. The van der Waals surface area contributed by atoms with E-state index in [0.29, 0.717) is 24.6 Å². The zero-order valence-electron chi connectivity index (χ0n) is 26.1. The van der Waals surface area contributed by atoms with Crippen LogP contribution in [-0.4, -0.2) is 89.2 Å². The van der Waals surface area contributed by atoms with Crippen molar-refractivity contribution in [1.29, 1.82) is 0 Å². The van der Waals surface area contributed by atoms with Crippen LogP contribution in [0.15, 0.2) is 42.5 Å². The highest BCUT2D eigenvalue weighted by molar-refractivity contribution is 6.02. The van der Waals surface area contributed by atoms with Gasteiger partial charge in [-0.1, -0.05) is 50.5 Å². The fourth-order valence-corrected chi connectivity index (χ4v) is 7.30. The van der Waals surface area contributed by atoms with Gasteiger partial charge in [0.15, 0.2) is 0 Å². The number of aliphatic hydroxyl groups is 1. The summed E-state index contributed by atoms with van der Waals surface area (Å²) in [5.74, 6) is 0.483. The molecule has 3 aromatic rings. The van der Waals surface area contributed by atoms with Crippen LogP contribution in [-0.2, 0) is 11.3 Å². The number of benzene rings is 2. The molecule has 2 fully saturated rings. The summed E-state index contributed by atoms with van der Waals surface area (Å²) < 4.78 is 2.41. The second-order valence-corrected chi connectivity index (χ2v) is 13.2. The van der Waals surface area contributed by atoms with E-state index in [1.165, 1.54) is 54.3 Å². The van der Waals surface area contributed by atoms with Gasteiger partial charge in [0.05, 0.1) is 24.4 Å². The summed E-state index contributed by atoms with van der Waals surface area (Å²) >= 11 is 0. The number of nitrogens with one attached hydrogen (secondary N) is 1. The predicted molar refractivity (Wildman–Crippen MR) is 173 cm³/mol. The second-order valence-electron chi connectivity index (χ2n) is 13.2. The Morgan fingerprint density at radius 2 is 1.70 bits per heavy atom. The smallest absolute Gasteiger partial charge is 0.251 e. The fraction of sp³-hybridized carbons (Fsp3) is 0.543. The predicted octanol–water partition coefficient (Wildman–Crippen LogP) is 4.84. The normalized spacial score (nSPS) is 18.3. The van der Waals surface area contributed by atoms with Crippen LogP contribution in [0.5, 0.6) is 0 Å². The topological polar surface area (TPSA) is 81.0 Å². The Labute approximate surface area is 255 Å². The lowest BCUT2D eigenvalue weighted by Crippen LogP contribution is -2.51. The highest BCUT2D eigenvalue weighted by atomic mass is 16.3. The average Bonchev–Trinajstić information content (AvgIpc) is 3.27. The molecule has 0 radical (unpaired) electrons. The van der Waals surface area contributed by atoms with Crippen LogP contribution < -0.4 is 10.2 Å². The third-order valence-corrected chi connectivity index (χ3v) is 9.82. The van der Waals surface area contributed by atoms with Gasteiger partial charge in [-0.2, -0.15) is 0 Å². The van der Waals surface area contributed by atoms with Crippen molar-refractivity contribution in [3.8, 4) is 11.3 Å². The van der Waals surface area contributed by atoms with Crippen LogP contribution in [0.1, 0.15) is 74.7 Å². The van der Waals surface area contributed by atoms with E-state index < -0.39 is 5.54 Å². The minimum absolute atomic E-state index is 0.132. The molecule has 3 heterocycles. The van der Waals surface area contributed by atoms with E-state index in [1.54, 1.807) is 0 Å². The number of aliphatic hydroxyl groups excluding tert-OH is 1. The number of hydrogen-bond donors (Lipinski definition) is 2. The van der Waals surface area contributed by atoms with Crippen LogP contribution in [0.2, 0.25) is 0 Å². The number of para-hydroxylation sites is 1. The Kier molecular flexibility index (Phi) is 8.51. The Hall–Kier alpha value is -3.36. The molecule has 2 aliphatic heterocycles. The highest BCUT2D eigenvalue weighted by Crippen LogP contribution is 2.47. The number of hydrogen-bond acceptors (Lipinski definition) is 5. The summed E-state index contributed by atoms with van der Waals surface area (Å²) in [7, 11) is 0. The molecule has 0 spiro atoms. The summed E-state index contributed by atoms with van der Waals surface area (Å²) in [5.41, 5.74) is 5.90. The van der Waals surface area contributed by atoms with E-state index in [4.69, 9.17) is 0 Å². The molecule has 8 nitrogen and oxygen atoms in total. The molecule has 0 unspecified atom stereocenters. The molecular weight excluding hydrogens is 538 g/mol. The number of likely N-dealkylation sites (N-methyl/N-ethyl adjacent to an activating group) is 1. The van der Waals surface area contributed by atoms with Crippen molar-refractivity contribution in [2.75, 3.05) is 57.3 Å². The first kappa shape index (κ1) is 29.7. The molecular formula is C35H47N5O3. The fourth-order valence-electron chi connectivity index (χ4n) is 7.30. The summed E-state index contributed by atoms with van der Waals surface area (Å²) in [4.78, 5) is 33.6. The first-order chi connectivity index (χ1) is 20.8. The van der Waals surface area contributed by atoms with Crippen LogP contribution in [0.25, 0.3) is 22.2 Å². The number of anilines is 1. The van der Waals surface area contributed by atoms with Crippen molar-refractivity contribution in [2.24, 2.45) is 0 Å². The van der Waals surface area contributed by atoms with Gasteiger partial charge in [0.1, 0.15) is 0 Å². The molecule has 2 aromatic carbocycles. The molecule has 1 aliphatic carbocycles. The maximum atomic E-state index is 13.6. The molecule has 1 saturated carbocycles. The number of aromatic nitrogens is 1. The first-order valence-corrected chi connectivity index (χ1v) is 16.2. The maximum Gasteiger partial charge on any atom is 0.251 e. The van der Waals surface area contributed by atoms with E-state index in [9.17, 15) is 14.7 Å². The van der Waals surface area contributed by atoms with Crippen molar-refractivity contribution < 1.29 is 14.7 Å². The molecule has 1 aromatic heterocycles. The van der Waals surface area contributed by atoms with Crippen LogP contribution in [0.4, 0.5) is 5.69 Å². The lowest BCUT2D eigenvalue weighted by Gasteiger charge is -2.35. The van der Waals surface area contributed by atoms with Gasteiger partial charge in [0.2, 0.25) is 5.91 Å². The highest BCUT2D eigenvalue weighted by Gasteiger charge is 2.32. The lowest BCUT2D eigenvalue weighted by molar-refractivity contribution is -0.131. The van der Waals surface area contributed by atoms with Crippen molar-refractivity contribution in [3.05, 3.63) is 53.6 Å². The molecule has 6 rings (SSSR count). The average molecular weight is 586 g/mol. The lowest BCUT2D eigenvalue weighted by atomic mass is 9.81. The van der Waals surface area contributed by atoms with Gasteiger partial charge in [-0.25, -0.2) is 0 Å². The van der Waals surface area contributed by atoms with Crippen molar-refractivity contribution in [1.82, 2.24) is 19.7 Å². The quantitative estimate of drug-likeness (QED) is 0.415. The molecule has 3 aliphatic rings. The number of carbonyl (C=O) groups excluding carboxylic acids is 2. The molecule has 0 bridgehead atoms. The Morgan fingerprint density at radius 3 is 2.42 bits per heavy atom. The van der Waals surface area contributed by atoms with Crippen LogP contribution >= 0.6 is 0 Å². The number of piperazine rings is 1. The molecule has 43 heavy (non-hydrogen) atoms. The largest absolute Gasteiger partial charge is 0.394 e. The van der Waals surface area contributed by atoms with Crippen molar-refractivity contribution >= 4 is 28.4 Å². The molecule has 8 heteroatoms. The van der Waals surface area contributed by atoms with Gasteiger partial charge >= 0.3 is 0 Å². The minimum Gasteiger partial charge on any atom is -0.394 e. The Balaban J connectivity index is 1.40.